The fourth-order valence-electron chi connectivity index (χ4n) is 5.68. The first-order valence-corrected chi connectivity index (χ1v) is 16.0. The second kappa shape index (κ2) is 13.7. The van der Waals surface area contributed by atoms with Crippen LogP contribution in [0.25, 0.3) is 0 Å². The van der Waals surface area contributed by atoms with Crippen LogP contribution >= 0.6 is 23.2 Å². The van der Waals surface area contributed by atoms with Gasteiger partial charge in [0.25, 0.3) is 0 Å². The maximum Gasteiger partial charge on any atom is 0.341 e. The number of piperazine rings is 1. The van der Waals surface area contributed by atoms with Gasteiger partial charge in [-0.15, -0.1) is 0 Å². The maximum absolute atomic E-state index is 12.8. The van der Waals surface area contributed by atoms with Gasteiger partial charge in [0.1, 0.15) is 36.4 Å². The highest BCUT2D eigenvalue weighted by Crippen LogP contribution is 2.33. The molecule has 4 heterocycles. The lowest BCUT2D eigenvalue weighted by atomic mass is 9.94. The highest BCUT2D eigenvalue weighted by atomic mass is 35.5. The molecule has 2 fully saturated rings. The van der Waals surface area contributed by atoms with Crippen LogP contribution in [0.3, 0.4) is 0 Å². The van der Waals surface area contributed by atoms with Crippen molar-refractivity contribution in [2.24, 2.45) is 0 Å². The zero-order valence-corrected chi connectivity index (χ0v) is 27.3. The van der Waals surface area contributed by atoms with E-state index >= 15 is 0 Å². The summed E-state index contributed by atoms with van der Waals surface area (Å²) in [5, 5.41) is 18.3. The number of hydrogen-bond donors (Lipinski definition) is 2. The molecule has 0 radical (unpaired) electrons. The van der Waals surface area contributed by atoms with Crippen molar-refractivity contribution in [1.82, 2.24) is 30.2 Å². The summed E-state index contributed by atoms with van der Waals surface area (Å²) in [7, 11) is 0. The second-order valence-corrected chi connectivity index (χ2v) is 12.4. The number of halogens is 2. The van der Waals surface area contributed by atoms with Crippen molar-refractivity contribution in [1.29, 1.82) is 0 Å². The molecule has 4 aromatic rings. The van der Waals surface area contributed by atoms with Crippen molar-refractivity contribution in [3.63, 3.8) is 0 Å². The van der Waals surface area contributed by atoms with Gasteiger partial charge in [0, 0.05) is 53.5 Å². The highest BCUT2D eigenvalue weighted by Gasteiger charge is 2.35. The summed E-state index contributed by atoms with van der Waals surface area (Å²) in [6, 6.07) is 16.8. The number of aliphatic hydroxyl groups is 1. The van der Waals surface area contributed by atoms with Crippen LogP contribution in [0, 0.1) is 0 Å². The topological polar surface area (TPSA) is 115 Å². The molecule has 2 aliphatic heterocycles. The van der Waals surface area contributed by atoms with E-state index < -0.39 is 5.60 Å². The average molecular weight is 667 g/mol. The molecule has 0 saturated carbocycles. The fraction of sp³-hybridized carbons (Fsp3) is 0.375. The number of aromatic nitrogens is 4. The standard InChI is InChI=1S/C32H37Cl2N9O3/c1-3-23(2)43-31(44)42(22-38-43)30-11-7-26(17-36-30)40-14-12-39(13-15-40)25-5-8-27(9-6-25)46-19-32(45,18-41-21-35-20-37-41)28-10-4-24(33)16-29(28)34/h4-11,16-17,20-21,23,38,45H,3,12-15,18-19,22H2,1-2H3. The van der Waals surface area contributed by atoms with Gasteiger partial charge in [0.2, 0.25) is 0 Å². The van der Waals surface area contributed by atoms with Crippen molar-refractivity contribution in [3.8, 4) is 5.75 Å². The number of hydrogen-bond acceptors (Lipinski definition) is 9. The SMILES string of the molecule is CCC(C)N1NCN(c2ccc(N3CCN(c4ccc(OCC(O)(Cn5cncn5)c5ccc(Cl)cc5Cl)cc4)CC3)cn2)C1=O. The molecule has 14 heteroatoms. The summed E-state index contributed by atoms with van der Waals surface area (Å²) in [5.74, 6) is 1.26. The minimum absolute atomic E-state index is 0.0579. The van der Waals surface area contributed by atoms with Crippen molar-refractivity contribution in [3.05, 3.63) is 89.1 Å². The van der Waals surface area contributed by atoms with Gasteiger partial charge in [-0.1, -0.05) is 36.2 Å². The van der Waals surface area contributed by atoms with Crippen LogP contribution in [0.1, 0.15) is 25.8 Å². The first kappa shape index (κ1) is 31.9. The van der Waals surface area contributed by atoms with E-state index in [2.05, 4.69) is 37.2 Å². The summed E-state index contributed by atoms with van der Waals surface area (Å²) in [6.07, 6.45) is 5.66. The quantitative estimate of drug-likeness (QED) is 0.234. The molecule has 2 aromatic carbocycles. The van der Waals surface area contributed by atoms with Gasteiger partial charge in [-0.25, -0.2) is 24.9 Å². The number of rotatable bonds is 11. The maximum atomic E-state index is 12.8. The van der Waals surface area contributed by atoms with Crippen molar-refractivity contribution < 1.29 is 14.6 Å². The number of amides is 2. The monoisotopic (exact) mass is 665 g/mol. The molecule has 0 aliphatic carbocycles. The lowest BCUT2D eigenvalue weighted by molar-refractivity contribution is -0.0269. The summed E-state index contributed by atoms with van der Waals surface area (Å²) < 4.78 is 7.62. The molecular weight excluding hydrogens is 629 g/mol. The van der Waals surface area contributed by atoms with Gasteiger partial charge >= 0.3 is 6.03 Å². The molecular formula is C32H37Cl2N9O3. The van der Waals surface area contributed by atoms with Crippen LogP contribution in [0.15, 0.2) is 73.4 Å². The van der Waals surface area contributed by atoms with Gasteiger partial charge in [0.15, 0.2) is 0 Å². The Hall–Kier alpha value is -4.10. The number of benzene rings is 2. The van der Waals surface area contributed by atoms with Crippen LogP contribution in [-0.4, -0.2) is 81.4 Å². The Morgan fingerprint density at radius 2 is 1.74 bits per heavy atom. The number of carbonyl (C=O) groups is 1. The van der Waals surface area contributed by atoms with E-state index in [4.69, 9.17) is 27.9 Å². The fourth-order valence-corrected chi connectivity index (χ4v) is 6.26. The zero-order chi connectivity index (χ0) is 32.3. The smallest absolute Gasteiger partial charge is 0.341 e. The Bertz CT molecular complexity index is 1620. The number of pyridine rings is 1. The minimum Gasteiger partial charge on any atom is -0.490 e. The lowest BCUT2D eigenvalue weighted by Crippen LogP contribution is -2.46. The molecule has 2 aliphatic rings. The number of ether oxygens (including phenoxy) is 1. The Balaban J connectivity index is 1.04. The van der Waals surface area contributed by atoms with Gasteiger partial charge in [-0.2, -0.15) is 5.10 Å². The molecule has 2 unspecified atom stereocenters. The summed E-state index contributed by atoms with van der Waals surface area (Å²) >= 11 is 12.6. The van der Waals surface area contributed by atoms with E-state index in [1.165, 1.54) is 17.3 Å². The second-order valence-electron chi connectivity index (χ2n) is 11.5. The van der Waals surface area contributed by atoms with Crippen LogP contribution in [0.5, 0.6) is 5.75 Å². The van der Waals surface area contributed by atoms with E-state index in [0.717, 1.165) is 44.0 Å². The number of anilines is 3. The number of urea groups is 1. The van der Waals surface area contributed by atoms with Crippen LogP contribution < -0.4 is 24.9 Å². The van der Waals surface area contributed by atoms with Crippen molar-refractivity contribution in [2.45, 2.75) is 38.5 Å². The van der Waals surface area contributed by atoms with Crippen LogP contribution in [-0.2, 0) is 12.1 Å². The minimum atomic E-state index is -1.48. The summed E-state index contributed by atoms with van der Waals surface area (Å²) in [4.78, 5) is 27.7. The molecule has 2 atom stereocenters. The van der Waals surface area contributed by atoms with Crippen molar-refractivity contribution in [2.75, 3.05) is 54.2 Å². The van der Waals surface area contributed by atoms with Gasteiger partial charge in [0.05, 0.1) is 25.1 Å². The van der Waals surface area contributed by atoms with Crippen LogP contribution in [0.2, 0.25) is 10.0 Å². The molecule has 2 amide bonds. The molecule has 6 rings (SSSR count). The summed E-state index contributed by atoms with van der Waals surface area (Å²) in [5.41, 5.74) is 4.29. The number of carbonyl (C=O) groups excluding carboxylic acids is 1. The average Bonchev–Trinajstić information content (AvgIpc) is 3.73. The van der Waals surface area contributed by atoms with Gasteiger partial charge < -0.3 is 19.6 Å². The summed E-state index contributed by atoms with van der Waals surface area (Å²) in [6.45, 7) is 7.89. The third kappa shape index (κ3) is 6.85. The molecule has 12 nitrogen and oxygen atoms in total. The Labute approximate surface area is 278 Å². The predicted octanol–water partition coefficient (Wildman–Crippen LogP) is 4.78. The Kier molecular flexibility index (Phi) is 9.50. The molecule has 242 valence electrons. The molecule has 0 spiro atoms. The van der Waals surface area contributed by atoms with Crippen molar-refractivity contribution >= 4 is 46.4 Å². The highest BCUT2D eigenvalue weighted by molar-refractivity contribution is 6.35. The van der Waals surface area contributed by atoms with E-state index in [1.54, 1.807) is 28.1 Å². The lowest BCUT2D eigenvalue weighted by Gasteiger charge is -2.37. The molecule has 2 saturated heterocycles. The normalized spacial score (nSPS) is 17.4. The first-order chi connectivity index (χ1) is 22.2. The number of nitrogens with one attached hydrogen (secondary N) is 1. The zero-order valence-electron chi connectivity index (χ0n) is 25.8. The Morgan fingerprint density at radius 3 is 2.37 bits per heavy atom. The Morgan fingerprint density at radius 1 is 1.02 bits per heavy atom. The molecule has 2 N–H and O–H groups in total. The third-order valence-corrected chi connectivity index (χ3v) is 9.07. The van der Waals surface area contributed by atoms with E-state index in [0.29, 0.717) is 33.8 Å². The van der Waals surface area contributed by atoms with Gasteiger partial charge in [-0.05, 0) is 61.9 Å². The predicted molar refractivity (Wildman–Crippen MR) is 178 cm³/mol. The number of hydrazine groups is 1. The van der Waals surface area contributed by atoms with E-state index in [9.17, 15) is 9.90 Å². The molecule has 2 aromatic heterocycles. The largest absolute Gasteiger partial charge is 0.490 e. The third-order valence-electron chi connectivity index (χ3n) is 8.52. The molecule has 0 bridgehead atoms. The number of nitrogens with zero attached hydrogens (tertiary/aromatic N) is 8. The van der Waals surface area contributed by atoms with Crippen LogP contribution in [0.4, 0.5) is 22.0 Å². The molecule has 46 heavy (non-hydrogen) atoms. The van der Waals surface area contributed by atoms with E-state index in [1.807, 2.05) is 49.5 Å². The van der Waals surface area contributed by atoms with Gasteiger partial charge in [-0.3, -0.25) is 9.91 Å². The van der Waals surface area contributed by atoms with E-state index in [-0.39, 0.29) is 25.2 Å². The first-order valence-electron chi connectivity index (χ1n) is 15.3.